The minimum atomic E-state index is -0.387. The van der Waals surface area contributed by atoms with Gasteiger partial charge < -0.3 is 9.64 Å². The molecule has 1 saturated heterocycles. The van der Waals surface area contributed by atoms with Crippen molar-refractivity contribution in [1.29, 1.82) is 0 Å². The number of hydrogen-bond donors (Lipinski definition) is 0. The van der Waals surface area contributed by atoms with Gasteiger partial charge >= 0.3 is 5.97 Å². The van der Waals surface area contributed by atoms with Crippen LogP contribution in [-0.4, -0.2) is 35.6 Å². The van der Waals surface area contributed by atoms with Gasteiger partial charge in [0.15, 0.2) is 5.78 Å². The van der Waals surface area contributed by atoms with E-state index in [1.807, 2.05) is 35.2 Å². The van der Waals surface area contributed by atoms with Gasteiger partial charge in [-0.1, -0.05) is 24.3 Å². The van der Waals surface area contributed by atoms with Gasteiger partial charge in [0.05, 0.1) is 6.42 Å². The van der Waals surface area contributed by atoms with Crippen molar-refractivity contribution < 1.29 is 19.1 Å². The molecular weight excluding hydrogens is 378 g/mol. The summed E-state index contributed by atoms with van der Waals surface area (Å²) >= 11 is 0. The number of Topliss-reactive ketones (excluding diaryl/α,β-unsaturated/α-hetero) is 1. The van der Waals surface area contributed by atoms with Crippen molar-refractivity contribution >= 4 is 17.7 Å². The first kappa shape index (κ1) is 20.3. The van der Waals surface area contributed by atoms with Gasteiger partial charge in [-0.25, -0.2) is 0 Å². The Kier molecular flexibility index (Phi) is 6.26. The van der Waals surface area contributed by atoms with E-state index in [4.69, 9.17) is 4.74 Å². The maximum absolute atomic E-state index is 12.4. The Morgan fingerprint density at radius 2 is 1.50 bits per heavy atom. The van der Waals surface area contributed by atoms with Crippen LogP contribution in [0.2, 0.25) is 0 Å². The zero-order chi connectivity index (χ0) is 20.9. The quantitative estimate of drug-likeness (QED) is 0.514. The Morgan fingerprint density at radius 1 is 0.800 bits per heavy atom. The predicted molar refractivity (Wildman–Crippen MR) is 113 cm³/mol. The van der Waals surface area contributed by atoms with Crippen molar-refractivity contribution in [3.8, 4) is 0 Å². The van der Waals surface area contributed by atoms with Gasteiger partial charge in [-0.15, -0.1) is 0 Å². The Bertz CT molecular complexity index is 942. The van der Waals surface area contributed by atoms with Gasteiger partial charge in [0, 0.05) is 30.6 Å². The van der Waals surface area contributed by atoms with E-state index in [0.29, 0.717) is 11.1 Å². The minimum Gasteiger partial charge on any atom is -0.461 e. The summed E-state index contributed by atoms with van der Waals surface area (Å²) in [5.41, 5.74) is 4.76. The molecule has 156 valence electrons. The van der Waals surface area contributed by atoms with E-state index < -0.39 is 0 Å². The molecule has 4 rings (SSSR count). The lowest BCUT2D eigenvalue weighted by atomic mass is 10.0. The average Bonchev–Trinajstić information content (AvgIpc) is 3.47. The highest BCUT2D eigenvalue weighted by Gasteiger charge is 2.19. The first-order valence-corrected chi connectivity index (χ1v) is 10.8. The highest BCUT2D eigenvalue weighted by molar-refractivity contribution is 5.97. The highest BCUT2D eigenvalue weighted by Crippen LogP contribution is 2.23. The number of benzene rings is 2. The third-order valence-electron chi connectivity index (χ3n) is 5.97. The number of likely N-dealkylation sites (tertiary alicyclic amines) is 1. The molecule has 0 radical (unpaired) electrons. The number of amides is 1. The number of carbonyl (C=O) groups is 3. The topological polar surface area (TPSA) is 63.7 Å². The number of hydrogen-bond acceptors (Lipinski definition) is 4. The number of fused-ring (bicyclic) bond motifs is 1. The van der Waals surface area contributed by atoms with Gasteiger partial charge in [-0.05, 0) is 67.0 Å². The van der Waals surface area contributed by atoms with E-state index in [9.17, 15) is 14.4 Å². The standard InChI is InChI=1S/C25H27NO4/c27-23(22-11-10-19-4-3-5-21(19)16-22)12-13-24(28)30-17-18-6-8-20(9-7-18)25(29)26-14-1-2-15-26/h6-11,16H,1-5,12-15,17H2. The molecule has 1 amide bonds. The van der Waals surface area contributed by atoms with Crippen molar-refractivity contribution in [2.24, 2.45) is 0 Å². The highest BCUT2D eigenvalue weighted by atomic mass is 16.5. The van der Waals surface area contributed by atoms with E-state index in [-0.39, 0.29) is 37.1 Å². The SMILES string of the molecule is O=C(CCC(=O)c1ccc2c(c1)CCC2)OCc1ccc(C(=O)N2CCCC2)cc1. The van der Waals surface area contributed by atoms with Crippen LogP contribution in [0.1, 0.15) is 69.5 Å². The molecule has 0 spiro atoms. The number of aryl methyl sites for hydroxylation is 2. The second-order valence-electron chi connectivity index (χ2n) is 8.12. The molecule has 1 aliphatic carbocycles. The lowest BCUT2D eigenvalue weighted by Crippen LogP contribution is -2.27. The van der Waals surface area contributed by atoms with Gasteiger partial charge in [0.25, 0.3) is 5.91 Å². The molecule has 2 aromatic carbocycles. The van der Waals surface area contributed by atoms with Crippen LogP contribution in [0.25, 0.3) is 0 Å². The largest absolute Gasteiger partial charge is 0.461 e. The second-order valence-corrected chi connectivity index (χ2v) is 8.12. The molecule has 5 heteroatoms. The fraction of sp³-hybridized carbons (Fsp3) is 0.400. The van der Waals surface area contributed by atoms with Crippen LogP contribution in [0.3, 0.4) is 0 Å². The molecule has 2 aliphatic rings. The van der Waals surface area contributed by atoms with Gasteiger partial charge in [0.1, 0.15) is 6.61 Å². The molecule has 1 heterocycles. The molecule has 1 fully saturated rings. The summed E-state index contributed by atoms with van der Waals surface area (Å²) in [4.78, 5) is 38.7. The number of rotatable bonds is 7. The van der Waals surface area contributed by atoms with Crippen LogP contribution in [0, 0.1) is 0 Å². The first-order chi connectivity index (χ1) is 14.6. The zero-order valence-corrected chi connectivity index (χ0v) is 17.2. The normalized spacial score (nSPS) is 15.1. The molecule has 1 aliphatic heterocycles. The van der Waals surface area contributed by atoms with Crippen molar-refractivity contribution in [2.45, 2.75) is 51.6 Å². The van der Waals surface area contributed by atoms with Crippen molar-refractivity contribution in [3.05, 3.63) is 70.3 Å². The van der Waals surface area contributed by atoms with Gasteiger partial charge in [-0.3, -0.25) is 14.4 Å². The summed E-state index contributed by atoms with van der Waals surface area (Å²) in [7, 11) is 0. The molecule has 0 aromatic heterocycles. The second kappa shape index (κ2) is 9.24. The summed E-state index contributed by atoms with van der Waals surface area (Å²) in [6.45, 7) is 1.79. The summed E-state index contributed by atoms with van der Waals surface area (Å²) in [6.07, 6.45) is 5.61. The van der Waals surface area contributed by atoms with Crippen LogP contribution in [0.5, 0.6) is 0 Å². The van der Waals surface area contributed by atoms with Crippen LogP contribution < -0.4 is 0 Å². The third kappa shape index (κ3) is 4.78. The average molecular weight is 405 g/mol. The Balaban J connectivity index is 1.22. The number of carbonyl (C=O) groups excluding carboxylic acids is 3. The van der Waals surface area contributed by atoms with Crippen molar-refractivity contribution in [3.63, 3.8) is 0 Å². The van der Waals surface area contributed by atoms with Crippen LogP contribution >= 0.6 is 0 Å². The number of ketones is 1. The molecule has 5 nitrogen and oxygen atoms in total. The molecular formula is C25H27NO4. The third-order valence-corrected chi connectivity index (χ3v) is 5.97. The smallest absolute Gasteiger partial charge is 0.306 e. The monoisotopic (exact) mass is 405 g/mol. The van der Waals surface area contributed by atoms with Crippen LogP contribution in [0.4, 0.5) is 0 Å². The van der Waals surface area contributed by atoms with E-state index in [1.54, 1.807) is 12.1 Å². The lowest BCUT2D eigenvalue weighted by Gasteiger charge is -2.15. The van der Waals surface area contributed by atoms with Crippen LogP contribution in [0.15, 0.2) is 42.5 Å². The Hall–Kier alpha value is -2.95. The minimum absolute atomic E-state index is 0.0218. The first-order valence-electron chi connectivity index (χ1n) is 10.8. The predicted octanol–water partition coefficient (Wildman–Crippen LogP) is 4.12. The van der Waals surface area contributed by atoms with Gasteiger partial charge in [-0.2, -0.15) is 0 Å². The molecule has 0 bridgehead atoms. The maximum atomic E-state index is 12.4. The Morgan fingerprint density at radius 3 is 2.27 bits per heavy atom. The molecule has 0 saturated carbocycles. The fourth-order valence-electron chi connectivity index (χ4n) is 4.19. The van der Waals surface area contributed by atoms with E-state index in [0.717, 1.165) is 50.8 Å². The van der Waals surface area contributed by atoms with Crippen LogP contribution in [-0.2, 0) is 29.0 Å². The fourth-order valence-corrected chi connectivity index (χ4v) is 4.19. The number of nitrogens with zero attached hydrogens (tertiary/aromatic N) is 1. The summed E-state index contributed by atoms with van der Waals surface area (Å²) in [5.74, 6) is -0.353. The lowest BCUT2D eigenvalue weighted by molar-refractivity contribution is -0.144. The maximum Gasteiger partial charge on any atom is 0.306 e. The molecule has 2 aromatic rings. The van der Waals surface area contributed by atoms with E-state index in [2.05, 4.69) is 0 Å². The summed E-state index contributed by atoms with van der Waals surface area (Å²) in [6, 6.07) is 13.1. The number of esters is 1. The zero-order valence-electron chi connectivity index (χ0n) is 17.2. The van der Waals surface area contributed by atoms with Gasteiger partial charge in [0.2, 0.25) is 0 Å². The number of ether oxygens (including phenoxy) is 1. The summed E-state index contributed by atoms with van der Waals surface area (Å²) in [5, 5.41) is 0. The van der Waals surface area contributed by atoms with Crippen molar-refractivity contribution in [2.75, 3.05) is 13.1 Å². The molecule has 30 heavy (non-hydrogen) atoms. The van der Waals surface area contributed by atoms with E-state index in [1.165, 1.54) is 11.1 Å². The molecule has 0 N–H and O–H groups in total. The Labute approximate surface area is 177 Å². The van der Waals surface area contributed by atoms with Crippen molar-refractivity contribution in [1.82, 2.24) is 4.90 Å². The molecule has 0 unspecified atom stereocenters. The summed E-state index contributed by atoms with van der Waals surface area (Å²) < 4.78 is 5.30. The van der Waals surface area contributed by atoms with E-state index >= 15 is 0 Å². The molecule has 0 atom stereocenters.